The van der Waals surface area contributed by atoms with Crippen molar-refractivity contribution in [3.8, 4) is 0 Å². The minimum absolute atomic E-state index is 0.207. The third kappa shape index (κ3) is 3.44. The minimum atomic E-state index is -0.219. The average Bonchev–Trinajstić information content (AvgIpc) is 2.88. The van der Waals surface area contributed by atoms with Crippen LogP contribution in [-0.2, 0) is 12.3 Å². The maximum absolute atomic E-state index is 13.7. The van der Waals surface area contributed by atoms with E-state index < -0.39 is 0 Å². The predicted molar refractivity (Wildman–Crippen MR) is 90.5 cm³/mol. The van der Waals surface area contributed by atoms with Gasteiger partial charge in [0.1, 0.15) is 16.4 Å². The Kier molecular flexibility index (Phi) is 4.47. The van der Waals surface area contributed by atoms with Gasteiger partial charge in [-0.2, -0.15) is 4.98 Å². The highest BCUT2D eigenvalue weighted by molar-refractivity contribution is 7.98. The highest BCUT2D eigenvalue weighted by Crippen LogP contribution is 2.28. The molecule has 0 amide bonds. The summed E-state index contributed by atoms with van der Waals surface area (Å²) in [5.74, 6) is 0.927. The van der Waals surface area contributed by atoms with Crippen molar-refractivity contribution in [3.63, 3.8) is 0 Å². The normalized spacial score (nSPS) is 11.5. The van der Waals surface area contributed by atoms with Gasteiger partial charge < -0.3 is 10.3 Å². The molecule has 0 aliphatic carbocycles. The summed E-state index contributed by atoms with van der Waals surface area (Å²) in [7, 11) is 0. The Hall–Kier alpha value is -2.15. The van der Waals surface area contributed by atoms with Crippen LogP contribution in [0.15, 0.2) is 35.6 Å². The fourth-order valence-electron chi connectivity index (χ4n) is 2.32. The largest absolute Gasteiger partial charge is 0.368 e. The van der Waals surface area contributed by atoms with Crippen molar-refractivity contribution in [1.82, 2.24) is 19.5 Å². The Morgan fingerprint density at radius 1 is 1.26 bits per heavy atom. The molecule has 0 aliphatic heterocycles. The predicted octanol–water partition coefficient (Wildman–Crippen LogP) is 3.50. The molecule has 3 rings (SSSR count). The van der Waals surface area contributed by atoms with Crippen LogP contribution >= 0.6 is 11.8 Å². The zero-order valence-corrected chi connectivity index (χ0v) is 13.8. The average molecular weight is 331 g/mol. The number of nitrogens with two attached hydrogens (primary N) is 1. The van der Waals surface area contributed by atoms with Crippen LogP contribution < -0.4 is 5.73 Å². The smallest absolute Gasteiger partial charge is 0.223 e. The van der Waals surface area contributed by atoms with Crippen molar-refractivity contribution in [2.45, 2.75) is 31.2 Å². The van der Waals surface area contributed by atoms with E-state index in [9.17, 15) is 4.39 Å². The number of thioether (sulfide) groups is 1. The summed E-state index contributed by atoms with van der Waals surface area (Å²) in [6.07, 6.45) is 1.76. The number of aromatic nitrogens is 4. The van der Waals surface area contributed by atoms with E-state index in [2.05, 4.69) is 28.8 Å². The van der Waals surface area contributed by atoms with Crippen molar-refractivity contribution in [2.24, 2.45) is 5.92 Å². The first-order valence-electron chi connectivity index (χ1n) is 7.39. The summed E-state index contributed by atoms with van der Waals surface area (Å²) < 4.78 is 15.7. The first-order chi connectivity index (χ1) is 11.0. The third-order valence-electron chi connectivity index (χ3n) is 3.33. The molecule has 0 atom stereocenters. The molecule has 120 valence electrons. The summed E-state index contributed by atoms with van der Waals surface area (Å²) in [5.41, 5.74) is 7.89. The number of imidazole rings is 1. The molecule has 5 nitrogen and oxygen atoms in total. The van der Waals surface area contributed by atoms with Gasteiger partial charge >= 0.3 is 0 Å². The SMILES string of the molecule is CC(C)Cn1cnc2c(SCc3ccccc3F)nc(N)nc21. The molecule has 7 heteroatoms. The number of hydrogen-bond acceptors (Lipinski definition) is 5. The standard InChI is InChI=1S/C16H18FN5S/c1-10(2)7-22-9-19-13-14(22)20-16(18)21-15(13)23-8-11-5-3-4-6-12(11)17/h3-6,9-10H,7-8H2,1-2H3,(H2,18,20,21). The van der Waals surface area contributed by atoms with E-state index in [4.69, 9.17) is 5.73 Å². The van der Waals surface area contributed by atoms with E-state index in [-0.39, 0.29) is 11.8 Å². The fourth-order valence-corrected chi connectivity index (χ4v) is 3.29. The molecule has 0 spiro atoms. The molecule has 23 heavy (non-hydrogen) atoms. The first kappa shape index (κ1) is 15.7. The van der Waals surface area contributed by atoms with Crippen LogP contribution in [0.2, 0.25) is 0 Å². The first-order valence-corrected chi connectivity index (χ1v) is 8.37. The summed E-state index contributed by atoms with van der Waals surface area (Å²) in [4.78, 5) is 13.0. The van der Waals surface area contributed by atoms with Gasteiger partial charge in [0.05, 0.1) is 6.33 Å². The lowest BCUT2D eigenvalue weighted by molar-refractivity contribution is 0.530. The zero-order valence-electron chi connectivity index (χ0n) is 13.0. The topological polar surface area (TPSA) is 69.6 Å². The van der Waals surface area contributed by atoms with Gasteiger partial charge in [0, 0.05) is 12.3 Å². The van der Waals surface area contributed by atoms with Gasteiger partial charge in [-0.3, -0.25) is 0 Å². The Morgan fingerprint density at radius 2 is 2.04 bits per heavy atom. The number of benzene rings is 1. The molecule has 2 aromatic heterocycles. The zero-order chi connectivity index (χ0) is 16.4. The number of rotatable bonds is 5. The lowest BCUT2D eigenvalue weighted by Gasteiger charge is -2.08. The van der Waals surface area contributed by atoms with E-state index in [1.54, 1.807) is 18.5 Å². The Morgan fingerprint density at radius 3 is 2.78 bits per heavy atom. The van der Waals surface area contributed by atoms with E-state index in [0.717, 1.165) is 12.2 Å². The van der Waals surface area contributed by atoms with E-state index in [1.165, 1.54) is 17.8 Å². The van der Waals surface area contributed by atoms with E-state index in [0.29, 0.717) is 27.8 Å². The maximum atomic E-state index is 13.7. The van der Waals surface area contributed by atoms with Crippen LogP contribution in [0.4, 0.5) is 10.3 Å². The molecule has 0 radical (unpaired) electrons. The Balaban J connectivity index is 1.91. The Bertz CT molecular complexity index is 830. The molecule has 2 N–H and O–H groups in total. The van der Waals surface area contributed by atoms with Crippen molar-refractivity contribution in [3.05, 3.63) is 42.0 Å². The van der Waals surface area contributed by atoms with Crippen LogP contribution in [0.3, 0.4) is 0 Å². The van der Waals surface area contributed by atoms with Gasteiger partial charge in [-0.05, 0) is 17.5 Å². The van der Waals surface area contributed by atoms with E-state index in [1.807, 2.05) is 10.6 Å². The molecule has 0 bridgehead atoms. The monoisotopic (exact) mass is 331 g/mol. The number of halogens is 1. The molecule has 0 saturated heterocycles. The van der Waals surface area contributed by atoms with Crippen molar-refractivity contribution in [1.29, 1.82) is 0 Å². The van der Waals surface area contributed by atoms with Gasteiger partial charge in [-0.1, -0.05) is 43.8 Å². The van der Waals surface area contributed by atoms with Crippen LogP contribution in [0.25, 0.3) is 11.2 Å². The molecule has 0 saturated carbocycles. The molecular weight excluding hydrogens is 313 g/mol. The summed E-state index contributed by atoms with van der Waals surface area (Å²) in [6.45, 7) is 5.07. The lowest BCUT2D eigenvalue weighted by Crippen LogP contribution is -2.05. The van der Waals surface area contributed by atoms with Gasteiger partial charge in [0.2, 0.25) is 5.95 Å². The minimum Gasteiger partial charge on any atom is -0.368 e. The highest BCUT2D eigenvalue weighted by atomic mass is 32.2. The molecule has 2 heterocycles. The second kappa shape index (κ2) is 6.54. The number of nitrogens with zero attached hydrogens (tertiary/aromatic N) is 4. The van der Waals surface area contributed by atoms with Crippen molar-refractivity contribution in [2.75, 3.05) is 5.73 Å². The van der Waals surface area contributed by atoms with Crippen molar-refractivity contribution < 1.29 is 4.39 Å². The van der Waals surface area contributed by atoms with Gasteiger partial charge in [-0.15, -0.1) is 0 Å². The molecule has 1 aromatic carbocycles. The second-order valence-corrected chi connectivity index (χ2v) is 6.69. The van der Waals surface area contributed by atoms with Crippen LogP contribution in [-0.4, -0.2) is 19.5 Å². The molecule has 3 aromatic rings. The summed E-state index contributed by atoms with van der Waals surface area (Å²) in [6, 6.07) is 6.72. The van der Waals surface area contributed by atoms with Gasteiger partial charge in [-0.25, -0.2) is 14.4 Å². The third-order valence-corrected chi connectivity index (χ3v) is 4.35. The van der Waals surface area contributed by atoms with Gasteiger partial charge in [0.25, 0.3) is 0 Å². The highest BCUT2D eigenvalue weighted by Gasteiger charge is 2.14. The van der Waals surface area contributed by atoms with Gasteiger partial charge in [0.15, 0.2) is 5.65 Å². The fraction of sp³-hybridized carbons (Fsp3) is 0.312. The number of fused-ring (bicyclic) bond motifs is 1. The lowest BCUT2D eigenvalue weighted by atomic mass is 10.2. The number of anilines is 1. The van der Waals surface area contributed by atoms with Crippen LogP contribution in [0.1, 0.15) is 19.4 Å². The second-order valence-electron chi connectivity index (χ2n) is 5.73. The summed E-state index contributed by atoms with van der Waals surface area (Å²) >= 11 is 1.42. The molecular formula is C16H18FN5S. The number of nitrogen functional groups attached to an aromatic ring is 1. The van der Waals surface area contributed by atoms with Crippen LogP contribution in [0.5, 0.6) is 0 Å². The van der Waals surface area contributed by atoms with Crippen LogP contribution in [0, 0.1) is 11.7 Å². The Labute approximate surface area is 138 Å². The van der Waals surface area contributed by atoms with Crippen molar-refractivity contribution >= 4 is 28.9 Å². The molecule has 0 unspecified atom stereocenters. The summed E-state index contributed by atoms with van der Waals surface area (Å²) in [5, 5.41) is 0.679. The maximum Gasteiger partial charge on any atom is 0.223 e. The molecule has 0 fully saturated rings. The quantitative estimate of drug-likeness (QED) is 0.572. The molecule has 0 aliphatic rings. The number of hydrogen-bond donors (Lipinski definition) is 1. The van der Waals surface area contributed by atoms with E-state index >= 15 is 0 Å².